The van der Waals surface area contributed by atoms with E-state index in [2.05, 4.69) is 23.0 Å². The molecule has 1 amide bonds. The molecule has 2 fully saturated rings. The average Bonchev–Trinajstić information content (AvgIpc) is 3.17. The zero-order valence-corrected chi connectivity index (χ0v) is 17.5. The first kappa shape index (κ1) is 19.5. The van der Waals surface area contributed by atoms with Gasteiger partial charge < -0.3 is 19.3 Å². The summed E-state index contributed by atoms with van der Waals surface area (Å²) in [5, 5.41) is 0. The lowest BCUT2D eigenvalue weighted by Crippen LogP contribution is -2.68. The Morgan fingerprint density at radius 3 is 2.87 bits per heavy atom. The molecule has 2 aromatic rings. The molecule has 0 aliphatic carbocycles. The highest BCUT2D eigenvalue weighted by Gasteiger charge is 2.50. The van der Waals surface area contributed by atoms with Crippen LogP contribution in [0.25, 0.3) is 0 Å². The maximum absolute atomic E-state index is 12.8. The molecule has 1 aromatic carbocycles. The summed E-state index contributed by atoms with van der Waals surface area (Å²) in [7, 11) is 2.15. The quantitative estimate of drug-likeness (QED) is 0.762. The van der Waals surface area contributed by atoms with Crippen molar-refractivity contribution in [3.05, 3.63) is 59.9 Å². The van der Waals surface area contributed by atoms with Crippen LogP contribution in [-0.4, -0.2) is 65.7 Å². The monoisotopic (exact) mass is 407 g/mol. The fraction of sp³-hybridized carbons (Fsp3) is 0.500. The van der Waals surface area contributed by atoms with Crippen molar-refractivity contribution in [2.75, 3.05) is 33.3 Å². The molecule has 0 radical (unpaired) electrons. The molecule has 1 spiro atoms. The lowest BCUT2D eigenvalue weighted by Gasteiger charge is -2.53. The van der Waals surface area contributed by atoms with Gasteiger partial charge in [-0.2, -0.15) is 0 Å². The van der Waals surface area contributed by atoms with Gasteiger partial charge in [0.05, 0.1) is 19.7 Å². The molecule has 6 nitrogen and oxygen atoms in total. The molecule has 6 heteroatoms. The minimum absolute atomic E-state index is 0.0961. The van der Waals surface area contributed by atoms with Crippen LogP contribution in [0.2, 0.25) is 0 Å². The molecule has 30 heavy (non-hydrogen) atoms. The number of aromatic nitrogens is 1. The third-order valence-electron chi connectivity index (χ3n) is 6.57. The Balaban J connectivity index is 1.07. The molecule has 0 bridgehead atoms. The second kappa shape index (κ2) is 8.00. The van der Waals surface area contributed by atoms with Crippen LogP contribution >= 0.6 is 0 Å². The summed E-state index contributed by atoms with van der Waals surface area (Å²) in [6.45, 7) is 4.08. The lowest BCUT2D eigenvalue weighted by atomic mass is 9.82. The number of carbonyl (C=O) groups is 1. The summed E-state index contributed by atoms with van der Waals surface area (Å²) in [6.07, 6.45) is 6.19. The molecule has 5 rings (SSSR count). The smallest absolute Gasteiger partial charge is 0.264 e. The number of fused-ring (bicyclic) bond motifs is 1. The van der Waals surface area contributed by atoms with Crippen molar-refractivity contribution >= 4 is 5.91 Å². The van der Waals surface area contributed by atoms with Gasteiger partial charge in [-0.05, 0) is 49.1 Å². The first-order valence-corrected chi connectivity index (χ1v) is 10.8. The van der Waals surface area contributed by atoms with E-state index >= 15 is 0 Å². The van der Waals surface area contributed by atoms with Crippen LogP contribution in [-0.2, 0) is 22.5 Å². The molecule has 2 atom stereocenters. The van der Waals surface area contributed by atoms with Gasteiger partial charge in [-0.15, -0.1) is 0 Å². The molecule has 0 saturated carbocycles. The summed E-state index contributed by atoms with van der Waals surface area (Å²) in [5.74, 6) is 1.48. The van der Waals surface area contributed by atoms with Crippen LogP contribution in [0.1, 0.15) is 24.0 Å². The molecule has 0 N–H and O–H groups in total. The van der Waals surface area contributed by atoms with Crippen molar-refractivity contribution in [3.8, 4) is 5.75 Å². The maximum Gasteiger partial charge on any atom is 0.264 e. The number of amides is 1. The number of carbonyl (C=O) groups excluding carboxylic acids is 1. The van der Waals surface area contributed by atoms with Crippen molar-refractivity contribution in [2.45, 2.75) is 37.5 Å². The number of para-hydroxylation sites is 1. The number of pyridine rings is 1. The Labute approximate surface area is 177 Å². The number of ether oxygens (including phenoxy) is 2. The van der Waals surface area contributed by atoms with Gasteiger partial charge in [-0.3, -0.25) is 9.78 Å². The summed E-state index contributed by atoms with van der Waals surface area (Å²) >= 11 is 0. The highest BCUT2D eigenvalue weighted by Crippen LogP contribution is 2.38. The van der Waals surface area contributed by atoms with Gasteiger partial charge in [-0.25, -0.2) is 0 Å². The Bertz CT molecular complexity index is 863. The number of nitrogens with zero attached hydrogens (tertiary/aromatic N) is 3. The van der Waals surface area contributed by atoms with Gasteiger partial charge in [0.25, 0.3) is 5.91 Å². The normalized spacial score (nSPS) is 24.4. The number of hydrogen-bond acceptors (Lipinski definition) is 5. The van der Waals surface area contributed by atoms with E-state index in [0.29, 0.717) is 25.4 Å². The van der Waals surface area contributed by atoms with Crippen LogP contribution in [0.4, 0.5) is 0 Å². The van der Waals surface area contributed by atoms with Gasteiger partial charge in [0.15, 0.2) is 6.10 Å². The van der Waals surface area contributed by atoms with Gasteiger partial charge >= 0.3 is 0 Å². The highest BCUT2D eigenvalue weighted by molar-refractivity contribution is 5.83. The van der Waals surface area contributed by atoms with Crippen LogP contribution in [0.3, 0.4) is 0 Å². The second-order valence-electron chi connectivity index (χ2n) is 9.07. The molecule has 2 saturated heterocycles. The largest absolute Gasteiger partial charge is 0.480 e. The van der Waals surface area contributed by atoms with E-state index in [0.717, 1.165) is 43.9 Å². The van der Waals surface area contributed by atoms with Gasteiger partial charge in [-0.1, -0.05) is 24.3 Å². The number of rotatable bonds is 5. The summed E-state index contributed by atoms with van der Waals surface area (Å²) in [4.78, 5) is 21.3. The first-order valence-electron chi connectivity index (χ1n) is 10.8. The van der Waals surface area contributed by atoms with Crippen molar-refractivity contribution in [2.24, 2.45) is 5.92 Å². The van der Waals surface area contributed by atoms with E-state index in [1.165, 1.54) is 5.56 Å². The number of likely N-dealkylation sites (tertiary alicyclic amines) is 1. The van der Waals surface area contributed by atoms with Crippen molar-refractivity contribution < 1.29 is 14.3 Å². The van der Waals surface area contributed by atoms with E-state index in [-0.39, 0.29) is 17.6 Å². The number of benzene rings is 1. The zero-order chi connectivity index (χ0) is 20.6. The van der Waals surface area contributed by atoms with Crippen LogP contribution < -0.4 is 4.74 Å². The predicted molar refractivity (Wildman–Crippen MR) is 113 cm³/mol. The third kappa shape index (κ3) is 3.94. The van der Waals surface area contributed by atoms with Crippen LogP contribution in [0, 0.1) is 5.92 Å². The first-order chi connectivity index (χ1) is 14.6. The fourth-order valence-electron chi connectivity index (χ4n) is 4.95. The molecular weight excluding hydrogens is 378 g/mol. The summed E-state index contributed by atoms with van der Waals surface area (Å²) in [5.41, 5.74) is 2.22. The van der Waals surface area contributed by atoms with E-state index in [4.69, 9.17) is 9.47 Å². The van der Waals surface area contributed by atoms with Crippen LogP contribution in [0.5, 0.6) is 5.75 Å². The minimum Gasteiger partial charge on any atom is -0.480 e. The van der Waals surface area contributed by atoms with E-state index in [9.17, 15) is 4.79 Å². The predicted octanol–water partition coefficient (Wildman–Crippen LogP) is 2.52. The highest BCUT2D eigenvalue weighted by atomic mass is 16.5. The SMILES string of the molecule is CN(Cc1cccnc1)C[C@@H]1CCC2(CN(C(=O)[C@@H]3Cc4ccccc4O3)C2)OC1. The summed E-state index contributed by atoms with van der Waals surface area (Å²) < 4.78 is 12.2. The number of hydrogen-bond donors (Lipinski definition) is 0. The molecule has 0 unspecified atom stereocenters. The Morgan fingerprint density at radius 2 is 2.13 bits per heavy atom. The van der Waals surface area contributed by atoms with Gasteiger partial charge in [0, 0.05) is 31.9 Å². The maximum atomic E-state index is 12.8. The molecule has 158 valence electrons. The average molecular weight is 408 g/mol. The van der Waals surface area contributed by atoms with Crippen molar-refractivity contribution in [1.29, 1.82) is 0 Å². The Kier molecular flexibility index (Phi) is 5.21. The van der Waals surface area contributed by atoms with Crippen molar-refractivity contribution in [1.82, 2.24) is 14.8 Å². The zero-order valence-electron chi connectivity index (χ0n) is 17.5. The van der Waals surface area contributed by atoms with Gasteiger partial charge in [0.1, 0.15) is 11.4 Å². The standard InChI is InChI=1S/C24H29N3O3/c1-26(13-18-5-4-10-25-12-18)14-19-8-9-24(29-15-19)16-27(17-24)23(28)22-11-20-6-2-3-7-21(20)30-22/h2-7,10,12,19,22H,8-9,11,13-17H2,1H3/t19-,22-/m0/s1. The molecule has 4 heterocycles. The molecule has 3 aliphatic heterocycles. The fourth-order valence-corrected chi connectivity index (χ4v) is 4.95. The topological polar surface area (TPSA) is 54.9 Å². The van der Waals surface area contributed by atoms with Crippen LogP contribution in [0.15, 0.2) is 48.8 Å². The Hall–Kier alpha value is -2.44. The second-order valence-corrected chi connectivity index (χ2v) is 9.07. The lowest BCUT2D eigenvalue weighted by molar-refractivity contribution is -0.193. The Morgan fingerprint density at radius 1 is 1.27 bits per heavy atom. The van der Waals surface area contributed by atoms with E-state index in [1.54, 1.807) is 0 Å². The van der Waals surface area contributed by atoms with E-state index < -0.39 is 0 Å². The third-order valence-corrected chi connectivity index (χ3v) is 6.57. The molecule has 1 aromatic heterocycles. The molecular formula is C24H29N3O3. The van der Waals surface area contributed by atoms with E-state index in [1.807, 2.05) is 47.6 Å². The molecule has 3 aliphatic rings. The van der Waals surface area contributed by atoms with Gasteiger partial charge in [0.2, 0.25) is 0 Å². The van der Waals surface area contributed by atoms with Crippen molar-refractivity contribution in [3.63, 3.8) is 0 Å². The summed E-state index contributed by atoms with van der Waals surface area (Å²) in [6, 6.07) is 12.0. The minimum atomic E-state index is -0.378.